The van der Waals surface area contributed by atoms with E-state index in [-0.39, 0.29) is 29.9 Å². The molecule has 2 atom stereocenters. The first kappa shape index (κ1) is 16.3. The Morgan fingerprint density at radius 2 is 1.78 bits per heavy atom. The van der Waals surface area contributed by atoms with E-state index in [1.807, 2.05) is 6.92 Å². The van der Waals surface area contributed by atoms with Gasteiger partial charge < -0.3 is 15.4 Å². The predicted octanol–water partition coefficient (Wildman–Crippen LogP) is 1.14. The van der Waals surface area contributed by atoms with E-state index >= 15 is 0 Å². The number of amides is 2. The van der Waals surface area contributed by atoms with Crippen LogP contribution in [0.3, 0.4) is 0 Å². The molecule has 0 radical (unpaired) electrons. The van der Waals surface area contributed by atoms with Crippen LogP contribution in [0.25, 0.3) is 0 Å². The van der Waals surface area contributed by atoms with Gasteiger partial charge in [-0.1, -0.05) is 0 Å². The largest absolute Gasteiger partial charge is 0.455 e. The number of carbonyl (C=O) groups is 3. The molecule has 4 aliphatic carbocycles. The van der Waals surface area contributed by atoms with Gasteiger partial charge in [0.05, 0.1) is 5.41 Å². The molecule has 0 spiro atoms. The molecule has 2 unspecified atom stereocenters. The van der Waals surface area contributed by atoms with Crippen LogP contribution in [0.2, 0.25) is 0 Å². The molecule has 0 aromatic carbocycles. The SMILES string of the molecule is CCNC(=O)COC(=O)C12CC3CC(CC(NC(C)=O)(C3)C1)C2. The van der Waals surface area contributed by atoms with Gasteiger partial charge in [-0.25, -0.2) is 0 Å². The van der Waals surface area contributed by atoms with Gasteiger partial charge in [0.2, 0.25) is 5.91 Å². The number of hydrogen-bond donors (Lipinski definition) is 2. The summed E-state index contributed by atoms with van der Waals surface area (Å²) in [6.07, 6.45) is 5.40. The fourth-order valence-electron chi connectivity index (χ4n) is 5.55. The average molecular weight is 322 g/mol. The van der Waals surface area contributed by atoms with Gasteiger partial charge in [0.15, 0.2) is 6.61 Å². The molecule has 0 aromatic heterocycles. The standard InChI is InChI=1S/C17H26N2O4/c1-3-18-14(21)9-23-15(22)16-5-12-4-13(6-16)8-17(7-12,10-16)19-11(2)20/h12-13H,3-10H2,1-2H3,(H,18,21)(H,19,20). The number of rotatable bonds is 5. The van der Waals surface area contributed by atoms with Crippen molar-refractivity contribution >= 4 is 17.8 Å². The summed E-state index contributed by atoms with van der Waals surface area (Å²) in [5.41, 5.74) is -0.764. The highest BCUT2D eigenvalue weighted by Crippen LogP contribution is 2.62. The molecule has 0 aliphatic heterocycles. The maximum Gasteiger partial charge on any atom is 0.312 e. The van der Waals surface area contributed by atoms with Gasteiger partial charge in [-0.15, -0.1) is 0 Å². The monoisotopic (exact) mass is 322 g/mol. The fourth-order valence-corrected chi connectivity index (χ4v) is 5.55. The van der Waals surface area contributed by atoms with Gasteiger partial charge in [0, 0.05) is 19.0 Å². The van der Waals surface area contributed by atoms with Gasteiger partial charge in [-0.3, -0.25) is 14.4 Å². The van der Waals surface area contributed by atoms with Crippen molar-refractivity contribution in [2.75, 3.05) is 13.2 Å². The molecular weight excluding hydrogens is 296 g/mol. The van der Waals surface area contributed by atoms with E-state index in [9.17, 15) is 14.4 Å². The van der Waals surface area contributed by atoms with Gasteiger partial charge >= 0.3 is 5.97 Å². The highest BCUT2D eigenvalue weighted by atomic mass is 16.5. The Balaban J connectivity index is 1.72. The number of esters is 1. The highest BCUT2D eigenvalue weighted by Gasteiger charge is 2.61. The lowest BCUT2D eigenvalue weighted by molar-refractivity contribution is -0.177. The van der Waals surface area contributed by atoms with Crippen molar-refractivity contribution in [3.8, 4) is 0 Å². The quantitative estimate of drug-likeness (QED) is 0.744. The summed E-state index contributed by atoms with van der Waals surface area (Å²) in [6, 6.07) is 0. The topological polar surface area (TPSA) is 84.5 Å². The molecule has 4 bridgehead atoms. The van der Waals surface area contributed by atoms with Crippen molar-refractivity contribution in [3.63, 3.8) is 0 Å². The van der Waals surface area contributed by atoms with Gasteiger partial charge in [-0.2, -0.15) is 0 Å². The first-order valence-corrected chi connectivity index (χ1v) is 8.59. The Morgan fingerprint density at radius 1 is 1.13 bits per heavy atom. The Hall–Kier alpha value is -1.59. The number of ether oxygens (including phenoxy) is 1. The molecule has 6 heteroatoms. The van der Waals surface area contributed by atoms with Crippen molar-refractivity contribution < 1.29 is 19.1 Å². The Morgan fingerprint density at radius 3 is 2.35 bits per heavy atom. The van der Waals surface area contributed by atoms with E-state index in [4.69, 9.17) is 4.74 Å². The number of nitrogens with one attached hydrogen (secondary N) is 2. The molecule has 4 rings (SSSR count). The van der Waals surface area contributed by atoms with Crippen molar-refractivity contribution in [1.82, 2.24) is 10.6 Å². The number of likely N-dealkylation sites (N-methyl/N-ethyl adjacent to an activating group) is 1. The molecule has 0 saturated heterocycles. The lowest BCUT2D eigenvalue weighted by Gasteiger charge is -2.60. The van der Waals surface area contributed by atoms with Crippen molar-refractivity contribution in [2.24, 2.45) is 17.3 Å². The van der Waals surface area contributed by atoms with Crippen molar-refractivity contribution in [2.45, 2.75) is 57.9 Å². The fraction of sp³-hybridized carbons (Fsp3) is 0.824. The lowest BCUT2D eigenvalue weighted by atomic mass is 9.47. The third-order valence-corrected chi connectivity index (χ3v) is 5.64. The summed E-state index contributed by atoms with van der Waals surface area (Å²) in [5.74, 6) is 0.396. The van der Waals surface area contributed by atoms with Crippen LogP contribution >= 0.6 is 0 Å². The van der Waals surface area contributed by atoms with Gasteiger partial charge in [-0.05, 0) is 57.3 Å². The molecule has 23 heavy (non-hydrogen) atoms. The predicted molar refractivity (Wildman–Crippen MR) is 83.3 cm³/mol. The summed E-state index contributed by atoms with van der Waals surface area (Å²) in [4.78, 5) is 35.9. The Bertz CT molecular complexity index is 517. The maximum atomic E-state index is 12.7. The van der Waals surface area contributed by atoms with Crippen molar-refractivity contribution in [3.05, 3.63) is 0 Å². The van der Waals surface area contributed by atoms with Crippen LogP contribution in [0.15, 0.2) is 0 Å². The molecule has 0 aromatic rings. The van der Waals surface area contributed by atoms with E-state index < -0.39 is 5.41 Å². The third-order valence-electron chi connectivity index (χ3n) is 5.64. The minimum atomic E-state index is -0.515. The normalized spacial score (nSPS) is 37.3. The van der Waals surface area contributed by atoms with Crippen LogP contribution in [0.4, 0.5) is 0 Å². The molecule has 2 amide bonds. The molecule has 4 fully saturated rings. The highest BCUT2D eigenvalue weighted by molar-refractivity contribution is 5.83. The molecular formula is C17H26N2O4. The van der Waals surface area contributed by atoms with E-state index in [1.165, 1.54) is 0 Å². The van der Waals surface area contributed by atoms with E-state index in [0.717, 1.165) is 32.1 Å². The summed E-state index contributed by atoms with van der Waals surface area (Å²) in [5, 5.41) is 5.76. The average Bonchev–Trinajstić information content (AvgIpc) is 2.42. The summed E-state index contributed by atoms with van der Waals surface area (Å²) in [7, 11) is 0. The van der Waals surface area contributed by atoms with Crippen LogP contribution in [0.1, 0.15) is 52.4 Å². The smallest absolute Gasteiger partial charge is 0.312 e. The van der Waals surface area contributed by atoms with Crippen LogP contribution in [0, 0.1) is 17.3 Å². The first-order valence-electron chi connectivity index (χ1n) is 8.59. The van der Waals surface area contributed by atoms with Crippen LogP contribution < -0.4 is 10.6 Å². The second kappa shape index (κ2) is 5.80. The van der Waals surface area contributed by atoms with Gasteiger partial charge in [0.25, 0.3) is 5.91 Å². The van der Waals surface area contributed by atoms with Gasteiger partial charge in [0.1, 0.15) is 0 Å². The number of carbonyl (C=O) groups excluding carboxylic acids is 3. The second-order valence-electron chi connectivity index (χ2n) is 7.73. The first-order chi connectivity index (χ1) is 10.9. The Labute approximate surface area is 136 Å². The number of hydrogen-bond acceptors (Lipinski definition) is 4. The molecule has 0 heterocycles. The van der Waals surface area contributed by atoms with E-state index in [0.29, 0.717) is 24.8 Å². The van der Waals surface area contributed by atoms with Crippen molar-refractivity contribution in [1.29, 1.82) is 0 Å². The maximum absolute atomic E-state index is 12.7. The molecule has 128 valence electrons. The summed E-state index contributed by atoms with van der Waals surface area (Å²) < 4.78 is 5.33. The zero-order valence-corrected chi connectivity index (χ0v) is 13.9. The van der Waals surface area contributed by atoms with Crippen LogP contribution in [-0.2, 0) is 19.1 Å². The lowest BCUT2D eigenvalue weighted by Crippen LogP contribution is -2.64. The molecule has 4 aliphatic rings. The zero-order valence-electron chi connectivity index (χ0n) is 13.9. The minimum absolute atomic E-state index is 0.0298. The molecule has 6 nitrogen and oxygen atoms in total. The van der Waals surface area contributed by atoms with Crippen LogP contribution in [-0.4, -0.2) is 36.5 Å². The summed E-state index contributed by atoms with van der Waals surface area (Å²) >= 11 is 0. The van der Waals surface area contributed by atoms with E-state index in [2.05, 4.69) is 10.6 Å². The molecule has 4 saturated carbocycles. The van der Waals surface area contributed by atoms with E-state index in [1.54, 1.807) is 6.92 Å². The second-order valence-corrected chi connectivity index (χ2v) is 7.73. The zero-order chi connectivity index (χ0) is 16.7. The molecule has 2 N–H and O–H groups in total. The Kier molecular flexibility index (Phi) is 4.10. The minimum Gasteiger partial charge on any atom is -0.455 e. The third kappa shape index (κ3) is 3.08. The van der Waals surface area contributed by atoms with Crippen LogP contribution in [0.5, 0.6) is 0 Å². The summed E-state index contributed by atoms with van der Waals surface area (Å²) in [6.45, 7) is 3.68.